The van der Waals surface area contributed by atoms with Gasteiger partial charge in [-0.2, -0.15) is 0 Å². The van der Waals surface area contributed by atoms with Crippen LogP contribution in [-0.4, -0.2) is 15.5 Å². The Morgan fingerprint density at radius 2 is 1.92 bits per heavy atom. The lowest BCUT2D eigenvalue weighted by Gasteiger charge is -2.08. The Labute approximate surface area is 143 Å². The van der Waals surface area contributed by atoms with Gasteiger partial charge in [-0.3, -0.25) is 4.79 Å². The van der Waals surface area contributed by atoms with Crippen molar-refractivity contribution in [3.05, 3.63) is 71.7 Å². The fourth-order valence-electron chi connectivity index (χ4n) is 3.09. The summed E-state index contributed by atoms with van der Waals surface area (Å²) in [6.45, 7) is 0.965. The van der Waals surface area contributed by atoms with E-state index >= 15 is 0 Å². The minimum Gasteiger partial charge on any atom is -0.328 e. The summed E-state index contributed by atoms with van der Waals surface area (Å²) in [6.07, 6.45) is 3.96. The number of amides is 1. The molecule has 4 rings (SSSR count). The number of rotatable bonds is 3. The second kappa shape index (κ2) is 6.12. The number of aryl methyl sites for hydroxylation is 1. The molecule has 0 unspecified atom stereocenters. The van der Waals surface area contributed by atoms with Crippen molar-refractivity contribution < 1.29 is 13.6 Å². The number of carbonyl (C=O) groups is 1. The molecule has 1 aromatic heterocycles. The standard InChI is InChI=1S/C19H15F2N3O/c20-13-5-8-15(16(21)10-13)19(25)23-14-6-3-12(4-7-14)17-11-22-18-2-1-9-24(17)18/h3-8,10-11H,1-2,9H2,(H,23,25). The van der Waals surface area contributed by atoms with Gasteiger partial charge in [0.25, 0.3) is 5.91 Å². The van der Waals surface area contributed by atoms with E-state index < -0.39 is 17.5 Å². The number of anilines is 1. The Balaban J connectivity index is 1.53. The average molecular weight is 339 g/mol. The SMILES string of the molecule is O=C(Nc1ccc(-c2cnc3n2CCC3)cc1)c1ccc(F)cc1F. The molecule has 1 amide bonds. The van der Waals surface area contributed by atoms with E-state index in [-0.39, 0.29) is 5.56 Å². The van der Waals surface area contributed by atoms with E-state index in [1.165, 1.54) is 0 Å². The van der Waals surface area contributed by atoms with Gasteiger partial charge in [0.2, 0.25) is 0 Å². The predicted molar refractivity (Wildman–Crippen MR) is 90.3 cm³/mol. The minimum atomic E-state index is -0.885. The zero-order valence-corrected chi connectivity index (χ0v) is 13.3. The molecule has 2 aromatic carbocycles. The Kier molecular flexibility index (Phi) is 3.80. The van der Waals surface area contributed by atoms with E-state index in [2.05, 4.69) is 14.9 Å². The minimum absolute atomic E-state index is 0.195. The lowest BCUT2D eigenvalue weighted by atomic mass is 10.1. The number of aromatic nitrogens is 2. The molecular weight excluding hydrogens is 324 g/mol. The van der Waals surface area contributed by atoms with Gasteiger partial charge in [0.1, 0.15) is 17.5 Å². The zero-order chi connectivity index (χ0) is 17.4. The van der Waals surface area contributed by atoms with Crippen LogP contribution in [0.5, 0.6) is 0 Å². The third kappa shape index (κ3) is 2.91. The lowest BCUT2D eigenvalue weighted by molar-refractivity contribution is 0.102. The summed E-state index contributed by atoms with van der Waals surface area (Å²) in [6, 6.07) is 10.2. The Bertz CT molecular complexity index is 948. The fraction of sp³-hybridized carbons (Fsp3) is 0.158. The van der Waals surface area contributed by atoms with Gasteiger partial charge in [-0.05, 0) is 36.2 Å². The number of halogens is 2. The topological polar surface area (TPSA) is 46.9 Å². The van der Waals surface area contributed by atoms with Crippen molar-refractivity contribution >= 4 is 11.6 Å². The number of nitrogens with one attached hydrogen (secondary N) is 1. The smallest absolute Gasteiger partial charge is 0.258 e. The van der Waals surface area contributed by atoms with Crippen LogP contribution in [0.15, 0.2) is 48.7 Å². The first-order valence-electron chi connectivity index (χ1n) is 8.03. The maximum atomic E-state index is 13.7. The summed E-state index contributed by atoms with van der Waals surface area (Å²) < 4.78 is 28.8. The molecule has 1 aliphatic rings. The molecule has 4 nitrogen and oxygen atoms in total. The van der Waals surface area contributed by atoms with Crippen LogP contribution < -0.4 is 5.32 Å². The Morgan fingerprint density at radius 3 is 2.68 bits per heavy atom. The number of imidazole rings is 1. The molecule has 25 heavy (non-hydrogen) atoms. The monoisotopic (exact) mass is 339 g/mol. The predicted octanol–water partition coefficient (Wildman–Crippen LogP) is 4.03. The van der Waals surface area contributed by atoms with E-state index in [4.69, 9.17) is 0 Å². The van der Waals surface area contributed by atoms with Crippen molar-refractivity contribution in [3.63, 3.8) is 0 Å². The quantitative estimate of drug-likeness (QED) is 0.783. The molecule has 0 spiro atoms. The number of hydrogen-bond acceptors (Lipinski definition) is 2. The lowest BCUT2D eigenvalue weighted by Crippen LogP contribution is -2.13. The molecule has 3 aromatic rings. The summed E-state index contributed by atoms with van der Waals surface area (Å²) in [5.74, 6) is -1.12. The van der Waals surface area contributed by atoms with E-state index in [0.717, 1.165) is 48.6 Å². The number of nitrogens with zero attached hydrogens (tertiary/aromatic N) is 2. The van der Waals surface area contributed by atoms with Gasteiger partial charge in [-0.25, -0.2) is 13.8 Å². The molecule has 0 radical (unpaired) electrons. The molecule has 0 fully saturated rings. The number of carbonyl (C=O) groups excluding carboxylic acids is 1. The first-order chi connectivity index (χ1) is 12.1. The van der Waals surface area contributed by atoms with Gasteiger partial charge in [0.05, 0.1) is 17.5 Å². The van der Waals surface area contributed by atoms with Crippen molar-refractivity contribution in [2.75, 3.05) is 5.32 Å². The first-order valence-corrected chi connectivity index (χ1v) is 8.03. The van der Waals surface area contributed by atoms with Crippen molar-refractivity contribution in [3.8, 4) is 11.3 Å². The highest BCUT2D eigenvalue weighted by molar-refractivity contribution is 6.04. The molecule has 0 atom stereocenters. The highest BCUT2D eigenvalue weighted by Crippen LogP contribution is 2.26. The molecule has 0 bridgehead atoms. The third-order valence-corrected chi connectivity index (χ3v) is 4.33. The molecule has 1 N–H and O–H groups in total. The fourth-order valence-corrected chi connectivity index (χ4v) is 3.09. The molecule has 0 saturated heterocycles. The van der Waals surface area contributed by atoms with E-state index in [1.807, 2.05) is 18.3 Å². The van der Waals surface area contributed by atoms with Crippen LogP contribution in [0.25, 0.3) is 11.3 Å². The molecule has 0 saturated carbocycles. The number of fused-ring (bicyclic) bond motifs is 1. The largest absolute Gasteiger partial charge is 0.328 e. The van der Waals surface area contributed by atoms with Crippen molar-refractivity contribution in [1.82, 2.24) is 9.55 Å². The molecule has 0 aliphatic carbocycles. The third-order valence-electron chi connectivity index (χ3n) is 4.33. The summed E-state index contributed by atoms with van der Waals surface area (Å²) in [7, 11) is 0. The molecule has 6 heteroatoms. The van der Waals surface area contributed by atoms with Gasteiger partial charge >= 0.3 is 0 Å². The number of hydrogen-bond donors (Lipinski definition) is 1. The normalized spacial score (nSPS) is 12.9. The van der Waals surface area contributed by atoms with Crippen LogP contribution in [0.1, 0.15) is 22.6 Å². The average Bonchev–Trinajstić information content (AvgIpc) is 3.19. The van der Waals surface area contributed by atoms with Crippen LogP contribution in [-0.2, 0) is 13.0 Å². The summed E-state index contributed by atoms with van der Waals surface area (Å²) in [4.78, 5) is 16.5. The second-order valence-corrected chi connectivity index (χ2v) is 5.97. The van der Waals surface area contributed by atoms with Crippen LogP contribution in [0, 0.1) is 11.6 Å². The van der Waals surface area contributed by atoms with Crippen LogP contribution in [0.2, 0.25) is 0 Å². The first kappa shape index (κ1) is 15.5. The highest BCUT2D eigenvalue weighted by Gasteiger charge is 2.17. The van der Waals surface area contributed by atoms with Gasteiger partial charge < -0.3 is 9.88 Å². The molecular formula is C19H15F2N3O. The molecule has 126 valence electrons. The number of benzene rings is 2. The van der Waals surface area contributed by atoms with E-state index in [0.29, 0.717) is 11.8 Å². The van der Waals surface area contributed by atoms with Gasteiger partial charge in [-0.15, -0.1) is 0 Å². The van der Waals surface area contributed by atoms with E-state index in [1.54, 1.807) is 12.1 Å². The van der Waals surface area contributed by atoms with Crippen LogP contribution in [0.3, 0.4) is 0 Å². The summed E-state index contributed by atoms with van der Waals surface area (Å²) >= 11 is 0. The van der Waals surface area contributed by atoms with Gasteiger partial charge in [0, 0.05) is 24.7 Å². The Hall–Kier alpha value is -3.02. The van der Waals surface area contributed by atoms with Gasteiger partial charge in [0.15, 0.2) is 0 Å². The summed E-state index contributed by atoms with van der Waals surface area (Å²) in [5, 5.41) is 2.62. The summed E-state index contributed by atoms with van der Waals surface area (Å²) in [5.41, 5.74) is 2.40. The maximum absolute atomic E-state index is 13.7. The van der Waals surface area contributed by atoms with Crippen molar-refractivity contribution in [2.24, 2.45) is 0 Å². The maximum Gasteiger partial charge on any atom is 0.258 e. The van der Waals surface area contributed by atoms with E-state index in [9.17, 15) is 13.6 Å². The Morgan fingerprint density at radius 1 is 1.12 bits per heavy atom. The van der Waals surface area contributed by atoms with Crippen LogP contribution in [0.4, 0.5) is 14.5 Å². The zero-order valence-electron chi connectivity index (χ0n) is 13.3. The van der Waals surface area contributed by atoms with Crippen molar-refractivity contribution in [2.45, 2.75) is 19.4 Å². The molecule has 2 heterocycles. The highest BCUT2D eigenvalue weighted by atomic mass is 19.1. The second-order valence-electron chi connectivity index (χ2n) is 5.97. The van der Waals surface area contributed by atoms with Crippen molar-refractivity contribution in [1.29, 1.82) is 0 Å². The molecule has 1 aliphatic heterocycles. The van der Waals surface area contributed by atoms with Gasteiger partial charge in [-0.1, -0.05) is 12.1 Å². The van der Waals surface area contributed by atoms with Crippen LogP contribution >= 0.6 is 0 Å².